The number of nitrogens with one attached hydrogen (secondary N) is 1. The Kier molecular flexibility index (Phi) is 6.47. The molecule has 0 bridgehead atoms. The summed E-state index contributed by atoms with van der Waals surface area (Å²) in [6.45, 7) is 12.2. The Balaban J connectivity index is 2.82. The normalized spacial score (nSPS) is 13.3. The van der Waals surface area contributed by atoms with Gasteiger partial charge in [0.25, 0.3) is 0 Å². The molecule has 20 heavy (non-hydrogen) atoms. The van der Waals surface area contributed by atoms with Crippen LogP contribution in [0.5, 0.6) is 0 Å². The summed E-state index contributed by atoms with van der Waals surface area (Å²) in [7, 11) is 2.15. The van der Waals surface area contributed by atoms with Crippen LogP contribution < -0.4 is 10.2 Å². The zero-order chi connectivity index (χ0) is 15.2. The lowest BCUT2D eigenvalue weighted by Gasteiger charge is -2.36. The summed E-state index contributed by atoms with van der Waals surface area (Å²) in [6, 6.07) is 4.72. The summed E-state index contributed by atoms with van der Waals surface area (Å²) in [5, 5.41) is 3.55. The fraction of sp³-hybridized carbons (Fsp3) is 0.706. The van der Waals surface area contributed by atoms with Gasteiger partial charge < -0.3 is 10.2 Å². The summed E-state index contributed by atoms with van der Waals surface area (Å²) in [5.41, 5.74) is 2.49. The molecule has 0 aromatic carbocycles. The molecule has 3 nitrogen and oxygen atoms in total. The Bertz CT molecular complexity index is 384. The van der Waals surface area contributed by atoms with E-state index >= 15 is 0 Å². The zero-order valence-electron chi connectivity index (χ0n) is 14.0. The molecule has 0 aliphatic heterocycles. The van der Waals surface area contributed by atoms with Crippen molar-refractivity contribution in [3.05, 3.63) is 24.0 Å². The predicted molar refractivity (Wildman–Crippen MR) is 88.3 cm³/mol. The molecule has 1 N–H and O–H groups in total. The molecule has 1 unspecified atom stereocenters. The molecule has 0 saturated heterocycles. The number of nitrogens with zero attached hydrogens (tertiary/aromatic N) is 2. The number of aromatic nitrogens is 1. The van der Waals surface area contributed by atoms with Crippen molar-refractivity contribution in [1.82, 2.24) is 10.3 Å². The predicted octanol–water partition coefficient (Wildman–Crippen LogP) is 4.16. The fourth-order valence-electron chi connectivity index (χ4n) is 2.17. The third-order valence-electron chi connectivity index (χ3n) is 4.34. The average Bonchev–Trinajstić information content (AvgIpc) is 2.48. The molecule has 1 rings (SSSR count). The van der Waals surface area contributed by atoms with Crippen LogP contribution >= 0.6 is 0 Å². The first-order valence-electron chi connectivity index (χ1n) is 7.89. The molecular formula is C17H31N3. The number of rotatable bonds is 8. The van der Waals surface area contributed by atoms with Crippen molar-refractivity contribution in [2.45, 2.75) is 65.5 Å². The third kappa shape index (κ3) is 4.20. The van der Waals surface area contributed by atoms with Gasteiger partial charge in [-0.05, 0) is 51.8 Å². The number of anilines is 1. The van der Waals surface area contributed by atoms with Crippen molar-refractivity contribution in [3.8, 4) is 0 Å². The van der Waals surface area contributed by atoms with Gasteiger partial charge in [0.2, 0.25) is 0 Å². The van der Waals surface area contributed by atoms with E-state index in [4.69, 9.17) is 0 Å². The number of hydrogen-bond donors (Lipinski definition) is 1. The zero-order valence-corrected chi connectivity index (χ0v) is 14.0. The van der Waals surface area contributed by atoms with Crippen molar-refractivity contribution in [3.63, 3.8) is 0 Å². The molecule has 1 aromatic rings. The molecule has 1 atom stereocenters. The van der Waals surface area contributed by atoms with Gasteiger partial charge in [-0.25, -0.2) is 0 Å². The lowest BCUT2D eigenvalue weighted by molar-refractivity contribution is 0.469. The van der Waals surface area contributed by atoms with Gasteiger partial charge in [0.05, 0.1) is 17.6 Å². The van der Waals surface area contributed by atoms with E-state index < -0.39 is 0 Å². The summed E-state index contributed by atoms with van der Waals surface area (Å²) < 4.78 is 0. The SMILES string of the molecule is CCCNC(CC)c1ccc(N(C)C(C)(C)CC)cn1. The first-order chi connectivity index (χ1) is 9.46. The van der Waals surface area contributed by atoms with Crippen LogP contribution in [0.15, 0.2) is 18.3 Å². The van der Waals surface area contributed by atoms with Crippen LogP contribution in [0.1, 0.15) is 65.6 Å². The standard InChI is InChI=1S/C17H31N3/c1-7-12-18-15(8-2)16-11-10-14(13-19-16)20(6)17(4,5)9-3/h10-11,13,15,18H,7-9,12H2,1-6H3. The lowest BCUT2D eigenvalue weighted by Crippen LogP contribution is -2.40. The summed E-state index contributed by atoms with van der Waals surface area (Å²) in [5.74, 6) is 0. The van der Waals surface area contributed by atoms with E-state index in [1.807, 2.05) is 6.20 Å². The Morgan fingerprint density at radius 3 is 2.40 bits per heavy atom. The smallest absolute Gasteiger partial charge is 0.0574 e. The van der Waals surface area contributed by atoms with Gasteiger partial charge in [-0.1, -0.05) is 20.8 Å². The molecule has 0 aliphatic rings. The molecular weight excluding hydrogens is 246 g/mol. The molecule has 0 radical (unpaired) electrons. The van der Waals surface area contributed by atoms with Gasteiger partial charge in [0.15, 0.2) is 0 Å². The largest absolute Gasteiger partial charge is 0.368 e. The Morgan fingerprint density at radius 1 is 1.25 bits per heavy atom. The van der Waals surface area contributed by atoms with Crippen LogP contribution in [0.4, 0.5) is 5.69 Å². The van der Waals surface area contributed by atoms with Gasteiger partial charge >= 0.3 is 0 Å². The van der Waals surface area contributed by atoms with E-state index in [1.54, 1.807) is 0 Å². The van der Waals surface area contributed by atoms with E-state index in [0.29, 0.717) is 6.04 Å². The van der Waals surface area contributed by atoms with Gasteiger partial charge in [0.1, 0.15) is 0 Å². The second kappa shape index (κ2) is 7.63. The van der Waals surface area contributed by atoms with Crippen LogP contribution in [0, 0.1) is 0 Å². The topological polar surface area (TPSA) is 28.2 Å². The molecule has 1 aromatic heterocycles. The minimum absolute atomic E-state index is 0.161. The molecule has 0 aliphatic carbocycles. The highest BCUT2D eigenvalue weighted by Gasteiger charge is 2.21. The average molecular weight is 277 g/mol. The number of pyridine rings is 1. The van der Waals surface area contributed by atoms with Gasteiger partial charge in [-0.3, -0.25) is 4.98 Å². The first-order valence-corrected chi connectivity index (χ1v) is 7.89. The van der Waals surface area contributed by atoms with Gasteiger partial charge in [0, 0.05) is 18.6 Å². The lowest BCUT2D eigenvalue weighted by atomic mass is 9.99. The van der Waals surface area contributed by atoms with Crippen molar-refractivity contribution >= 4 is 5.69 Å². The maximum atomic E-state index is 4.67. The maximum absolute atomic E-state index is 4.67. The van der Waals surface area contributed by atoms with Gasteiger partial charge in [-0.2, -0.15) is 0 Å². The van der Waals surface area contributed by atoms with Crippen molar-refractivity contribution in [2.75, 3.05) is 18.5 Å². The van der Waals surface area contributed by atoms with Crippen molar-refractivity contribution < 1.29 is 0 Å². The highest BCUT2D eigenvalue weighted by atomic mass is 15.2. The molecule has 3 heteroatoms. The van der Waals surface area contributed by atoms with Crippen molar-refractivity contribution in [1.29, 1.82) is 0 Å². The van der Waals surface area contributed by atoms with E-state index in [-0.39, 0.29) is 5.54 Å². The summed E-state index contributed by atoms with van der Waals surface area (Å²) in [4.78, 5) is 6.98. The summed E-state index contributed by atoms with van der Waals surface area (Å²) >= 11 is 0. The van der Waals surface area contributed by atoms with Crippen LogP contribution in [0.3, 0.4) is 0 Å². The van der Waals surface area contributed by atoms with Crippen LogP contribution in [0.2, 0.25) is 0 Å². The van der Waals surface area contributed by atoms with E-state index in [0.717, 1.165) is 31.5 Å². The van der Waals surface area contributed by atoms with Crippen LogP contribution in [-0.4, -0.2) is 24.1 Å². The minimum Gasteiger partial charge on any atom is -0.368 e. The summed E-state index contributed by atoms with van der Waals surface area (Å²) in [6.07, 6.45) is 5.34. The van der Waals surface area contributed by atoms with E-state index in [9.17, 15) is 0 Å². The molecule has 0 fully saturated rings. The first kappa shape index (κ1) is 17.0. The van der Waals surface area contributed by atoms with Crippen LogP contribution in [0.25, 0.3) is 0 Å². The Morgan fingerprint density at radius 2 is 1.95 bits per heavy atom. The Hall–Kier alpha value is -1.09. The highest BCUT2D eigenvalue weighted by Crippen LogP contribution is 2.25. The second-order valence-electron chi connectivity index (χ2n) is 6.08. The molecule has 114 valence electrons. The van der Waals surface area contributed by atoms with Crippen molar-refractivity contribution in [2.24, 2.45) is 0 Å². The maximum Gasteiger partial charge on any atom is 0.0574 e. The quantitative estimate of drug-likeness (QED) is 0.773. The molecule has 0 spiro atoms. The van der Waals surface area contributed by atoms with Crippen LogP contribution in [-0.2, 0) is 0 Å². The second-order valence-corrected chi connectivity index (χ2v) is 6.08. The Labute approximate surface area is 124 Å². The molecule has 0 amide bonds. The van der Waals surface area contributed by atoms with E-state index in [2.05, 4.69) is 69.0 Å². The molecule has 1 heterocycles. The van der Waals surface area contributed by atoms with Gasteiger partial charge in [-0.15, -0.1) is 0 Å². The van der Waals surface area contributed by atoms with E-state index in [1.165, 1.54) is 5.69 Å². The monoisotopic (exact) mass is 277 g/mol. The fourth-order valence-corrected chi connectivity index (χ4v) is 2.17. The minimum atomic E-state index is 0.161. The highest BCUT2D eigenvalue weighted by molar-refractivity contribution is 5.46. The number of hydrogen-bond acceptors (Lipinski definition) is 3. The molecule has 0 saturated carbocycles. The third-order valence-corrected chi connectivity index (χ3v) is 4.34.